The van der Waals surface area contributed by atoms with E-state index in [0.29, 0.717) is 11.8 Å². The van der Waals surface area contributed by atoms with Crippen molar-refractivity contribution in [3.05, 3.63) is 0 Å². The maximum atomic E-state index is 5.70. The third-order valence-corrected chi connectivity index (χ3v) is 4.85. The molecule has 1 aliphatic heterocycles. The second-order valence-corrected chi connectivity index (χ2v) is 5.74. The van der Waals surface area contributed by atoms with E-state index < -0.39 is 0 Å². The van der Waals surface area contributed by atoms with Gasteiger partial charge in [-0.1, -0.05) is 19.3 Å². The van der Waals surface area contributed by atoms with Crippen molar-refractivity contribution in [1.29, 1.82) is 0 Å². The average Bonchev–Trinajstić information content (AvgIpc) is 2.95. The van der Waals surface area contributed by atoms with Crippen molar-refractivity contribution in [1.82, 2.24) is 0 Å². The van der Waals surface area contributed by atoms with Crippen molar-refractivity contribution < 1.29 is 9.16 Å². The first-order valence-electron chi connectivity index (χ1n) is 5.65. The summed E-state index contributed by atoms with van der Waals surface area (Å²) < 4.78 is 11.2. The quantitative estimate of drug-likeness (QED) is 0.505. The lowest BCUT2D eigenvalue weighted by Crippen LogP contribution is -2.18. The van der Waals surface area contributed by atoms with Crippen molar-refractivity contribution in [3.8, 4) is 0 Å². The summed E-state index contributed by atoms with van der Waals surface area (Å²) in [5, 5.41) is 0. The van der Waals surface area contributed by atoms with Crippen LogP contribution in [0.5, 0.6) is 0 Å². The second-order valence-electron chi connectivity index (χ2n) is 4.20. The highest BCUT2D eigenvalue weighted by Crippen LogP contribution is 2.37. The molecule has 2 unspecified atom stereocenters. The zero-order valence-corrected chi connectivity index (χ0v) is 9.91. The molecule has 0 aromatic heterocycles. The molecule has 0 N–H and O–H groups in total. The summed E-state index contributed by atoms with van der Waals surface area (Å²) >= 11 is 0. The van der Waals surface area contributed by atoms with Gasteiger partial charge in [-0.15, -0.1) is 0 Å². The molecule has 2 aliphatic rings. The van der Waals surface area contributed by atoms with E-state index in [-0.39, 0.29) is 9.76 Å². The van der Waals surface area contributed by atoms with Gasteiger partial charge in [0.05, 0.1) is 11.8 Å². The van der Waals surface area contributed by atoms with E-state index in [1.165, 1.54) is 32.1 Å². The Morgan fingerprint density at radius 2 is 2.08 bits per heavy atom. The van der Waals surface area contributed by atoms with Gasteiger partial charge < -0.3 is 9.16 Å². The molecule has 76 valence electrons. The summed E-state index contributed by atoms with van der Waals surface area (Å²) in [7, 11) is -0.357. The smallest absolute Gasteiger partial charge is 0.193 e. The van der Waals surface area contributed by atoms with Crippen LogP contribution in [0.4, 0.5) is 0 Å². The van der Waals surface area contributed by atoms with Gasteiger partial charge in [-0.3, -0.25) is 0 Å². The van der Waals surface area contributed by atoms with Crippen LogP contribution in [0.3, 0.4) is 0 Å². The number of rotatable bonds is 4. The summed E-state index contributed by atoms with van der Waals surface area (Å²) in [6, 6.07) is 0. The maximum Gasteiger partial charge on any atom is 0.193 e. The molecule has 13 heavy (non-hydrogen) atoms. The molecule has 2 nitrogen and oxygen atoms in total. The summed E-state index contributed by atoms with van der Waals surface area (Å²) in [6.07, 6.45) is 7.71. The Bertz CT molecular complexity index is 157. The highest BCUT2D eigenvalue weighted by Gasteiger charge is 2.44. The van der Waals surface area contributed by atoms with Crippen LogP contribution < -0.4 is 0 Å². The first-order chi connectivity index (χ1) is 6.42. The minimum atomic E-state index is -0.357. The summed E-state index contributed by atoms with van der Waals surface area (Å²) in [4.78, 5) is 0. The van der Waals surface area contributed by atoms with Gasteiger partial charge in [0.2, 0.25) is 0 Å². The summed E-state index contributed by atoms with van der Waals surface area (Å²) in [6.45, 7) is 2.95. The number of epoxide rings is 1. The fraction of sp³-hybridized carbons (Fsp3) is 1.00. The van der Waals surface area contributed by atoms with Crippen LogP contribution in [0.1, 0.15) is 39.0 Å². The van der Waals surface area contributed by atoms with Crippen molar-refractivity contribution in [3.63, 3.8) is 0 Å². The monoisotopic (exact) mass is 200 g/mol. The Hall–Kier alpha value is 0.137. The normalized spacial score (nSPS) is 35.8. The van der Waals surface area contributed by atoms with E-state index in [4.69, 9.17) is 9.16 Å². The largest absolute Gasteiger partial charge is 0.422 e. The molecule has 0 bridgehead atoms. The van der Waals surface area contributed by atoms with Gasteiger partial charge in [-0.25, -0.2) is 0 Å². The Morgan fingerprint density at radius 1 is 1.31 bits per heavy atom. The van der Waals surface area contributed by atoms with Crippen molar-refractivity contribution >= 4 is 9.76 Å². The van der Waals surface area contributed by atoms with Crippen LogP contribution in [0.15, 0.2) is 0 Å². The number of hydrogen-bond donors (Lipinski definition) is 0. The predicted octanol–water partition coefficient (Wildman–Crippen LogP) is 1.41. The highest BCUT2D eigenvalue weighted by molar-refractivity contribution is 6.30. The van der Waals surface area contributed by atoms with Crippen molar-refractivity contribution in [2.75, 3.05) is 6.61 Å². The zero-order valence-electron chi connectivity index (χ0n) is 8.50. The summed E-state index contributed by atoms with van der Waals surface area (Å²) in [5.74, 6) is 0.881. The minimum Gasteiger partial charge on any atom is -0.422 e. The van der Waals surface area contributed by atoms with Gasteiger partial charge >= 0.3 is 0 Å². The van der Waals surface area contributed by atoms with Gasteiger partial charge in [-0.05, 0) is 25.7 Å². The van der Waals surface area contributed by atoms with Gasteiger partial charge in [0.25, 0.3) is 0 Å². The zero-order chi connectivity index (χ0) is 9.10. The maximum absolute atomic E-state index is 5.70. The molecular weight excluding hydrogens is 180 g/mol. The first-order valence-corrected chi connectivity index (χ1v) is 7.04. The molecule has 0 aromatic rings. The van der Waals surface area contributed by atoms with Crippen LogP contribution in [0, 0.1) is 5.92 Å². The molecule has 1 saturated carbocycles. The molecule has 0 amide bonds. The molecule has 2 fully saturated rings. The fourth-order valence-corrected chi connectivity index (χ4v) is 3.75. The molecule has 2 rings (SSSR count). The Morgan fingerprint density at radius 3 is 2.77 bits per heavy atom. The Kier molecular flexibility index (Phi) is 3.41. The van der Waals surface area contributed by atoms with Gasteiger partial charge in [0.15, 0.2) is 9.76 Å². The van der Waals surface area contributed by atoms with E-state index >= 15 is 0 Å². The molecule has 0 spiro atoms. The molecule has 1 aliphatic carbocycles. The van der Waals surface area contributed by atoms with Crippen molar-refractivity contribution in [2.24, 2.45) is 5.92 Å². The van der Waals surface area contributed by atoms with Crippen LogP contribution >= 0.6 is 0 Å². The molecule has 0 aromatic carbocycles. The van der Waals surface area contributed by atoms with Crippen LogP contribution in [0.25, 0.3) is 0 Å². The van der Waals surface area contributed by atoms with E-state index in [1.54, 1.807) is 0 Å². The van der Waals surface area contributed by atoms with E-state index in [2.05, 4.69) is 6.92 Å². The molecule has 1 saturated heterocycles. The lowest BCUT2D eigenvalue weighted by Gasteiger charge is -2.19. The summed E-state index contributed by atoms with van der Waals surface area (Å²) in [5.41, 5.74) is 0.572. The lowest BCUT2D eigenvalue weighted by atomic mass is 9.87. The third-order valence-electron chi connectivity index (χ3n) is 3.22. The SMILES string of the molecule is CCO[SiH2]C1OC1C1CCCCC1. The standard InChI is InChI=1S/C10H20O2Si/c1-2-11-13-10-9(12-10)8-6-4-3-5-7-8/h8-10H,2-7,13H2,1H3. The van der Waals surface area contributed by atoms with E-state index in [9.17, 15) is 0 Å². The number of ether oxygens (including phenoxy) is 1. The lowest BCUT2D eigenvalue weighted by molar-refractivity contribution is 0.264. The predicted molar refractivity (Wildman–Crippen MR) is 55.4 cm³/mol. The van der Waals surface area contributed by atoms with E-state index in [1.807, 2.05) is 0 Å². The fourth-order valence-electron chi connectivity index (χ4n) is 2.40. The van der Waals surface area contributed by atoms with Gasteiger partial charge in [0, 0.05) is 6.61 Å². The third kappa shape index (κ3) is 2.54. The molecule has 2 atom stereocenters. The van der Waals surface area contributed by atoms with E-state index in [0.717, 1.165) is 12.5 Å². The van der Waals surface area contributed by atoms with Crippen LogP contribution in [-0.2, 0) is 9.16 Å². The minimum absolute atomic E-state index is 0.357. The van der Waals surface area contributed by atoms with Gasteiger partial charge in [0.1, 0.15) is 0 Å². The Balaban J connectivity index is 1.66. The van der Waals surface area contributed by atoms with Crippen molar-refractivity contribution in [2.45, 2.75) is 50.9 Å². The first kappa shape index (κ1) is 9.68. The molecule has 3 heteroatoms. The average molecular weight is 200 g/mol. The van der Waals surface area contributed by atoms with Crippen LogP contribution in [0.2, 0.25) is 0 Å². The molecular formula is C10H20O2Si. The number of hydrogen-bond acceptors (Lipinski definition) is 2. The molecule has 0 radical (unpaired) electrons. The van der Waals surface area contributed by atoms with Crippen LogP contribution in [-0.4, -0.2) is 28.2 Å². The topological polar surface area (TPSA) is 21.8 Å². The highest BCUT2D eigenvalue weighted by atomic mass is 28.2. The second kappa shape index (κ2) is 4.58. The molecule has 1 heterocycles. The van der Waals surface area contributed by atoms with Gasteiger partial charge in [-0.2, -0.15) is 0 Å². The Labute approximate surface area is 82.9 Å².